The quantitative estimate of drug-likeness (QED) is 0.724. The molecule has 0 aliphatic rings. The van der Waals surface area contributed by atoms with Gasteiger partial charge in [0.25, 0.3) is 0 Å². The van der Waals surface area contributed by atoms with Gasteiger partial charge in [0.15, 0.2) is 0 Å². The van der Waals surface area contributed by atoms with E-state index in [0.717, 1.165) is 5.56 Å². The van der Waals surface area contributed by atoms with Crippen molar-refractivity contribution in [1.29, 1.82) is 5.26 Å². The molecule has 5 nitrogen and oxygen atoms in total. The van der Waals surface area contributed by atoms with Crippen LogP contribution in [0.1, 0.15) is 18.9 Å². The van der Waals surface area contributed by atoms with Crippen LogP contribution in [0.4, 0.5) is 0 Å². The van der Waals surface area contributed by atoms with Crippen LogP contribution >= 0.6 is 0 Å². The zero-order valence-corrected chi connectivity index (χ0v) is 11.3. The Kier molecular flexibility index (Phi) is 6.43. The number of aliphatic hydroxyl groups is 2. The van der Waals surface area contributed by atoms with Gasteiger partial charge in [-0.3, -0.25) is 9.88 Å². The molecule has 5 heteroatoms. The summed E-state index contributed by atoms with van der Waals surface area (Å²) in [5.74, 6) is 0. The highest BCUT2D eigenvalue weighted by Gasteiger charge is 2.25. The van der Waals surface area contributed by atoms with Crippen molar-refractivity contribution in [2.24, 2.45) is 5.41 Å². The van der Waals surface area contributed by atoms with Crippen molar-refractivity contribution in [1.82, 2.24) is 9.88 Å². The summed E-state index contributed by atoms with van der Waals surface area (Å²) in [6.45, 7) is 3.47. The Morgan fingerprint density at radius 2 is 2.16 bits per heavy atom. The van der Waals surface area contributed by atoms with Gasteiger partial charge in [0.05, 0.1) is 19.3 Å². The summed E-state index contributed by atoms with van der Waals surface area (Å²) in [6.07, 6.45) is 3.93. The van der Waals surface area contributed by atoms with E-state index in [4.69, 9.17) is 5.26 Å². The molecule has 0 spiro atoms. The Hall–Kier alpha value is -1.48. The van der Waals surface area contributed by atoms with Crippen LogP contribution < -0.4 is 0 Å². The average molecular weight is 263 g/mol. The van der Waals surface area contributed by atoms with Crippen LogP contribution in [0.2, 0.25) is 0 Å². The van der Waals surface area contributed by atoms with Gasteiger partial charge in [0, 0.05) is 43.9 Å². The normalized spacial score (nSPS) is 11.5. The molecule has 0 aliphatic heterocycles. The van der Waals surface area contributed by atoms with Gasteiger partial charge in [-0.2, -0.15) is 5.26 Å². The minimum absolute atomic E-state index is 0.0837. The SMILES string of the molecule is CC(CO)(CO)CN(CCC#N)Cc1cccnc1. The third-order valence-corrected chi connectivity index (χ3v) is 3.04. The molecule has 0 amide bonds. The van der Waals surface area contributed by atoms with Crippen LogP contribution in [0.15, 0.2) is 24.5 Å². The molecule has 1 aromatic heterocycles. The summed E-state index contributed by atoms with van der Waals surface area (Å²) >= 11 is 0. The number of nitrogens with zero attached hydrogens (tertiary/aromatic N) is 3. The second-order valence-corrected chi connectivity index (χ2v) is 5.11. The van der Waals surface area contributed by atoms with Crippen molar-refractivity contribution >= 4 is 0 Å². The fourth-order valence-corrected chi connectivity index (χ4v) is 1.86. The third-order valence-electron chi connectivity index (χ3n) is 3.04. The van der Waals surface area contributed by atoms with Gasteiger partial charge in [-0.15, -0.1) is 0 Å². The van der Waals surface area contributed by atoms with E-state index in [1.165, 1.54) is 0 Å². The van der Waals surface area contributed by atoms with Gasteiger partial charge >= 0.3 is 0 Å². The first-order valence-electron chi connectivity index (χ1n) is 6.33. The highest BCUT2D eigenvalue weighted by atomic mass is 16.3. The summed E-state index contributed by atoms with van der Waals surface area (Å²) in [5, 5.41) is 27.4. The lowest BCUT2D eigenvalue weighted by Gasteiger charge is -2.32. The first kappa shape index (κ1) is 15.6. The van der Waals surface area contributed by atoms with E-state index in [0.29, 0.717) is 26.1 Å². The Labute approximate surface area is 114 Å². The molecule has 1 aromatic rings. The summed E-state index contributed by atoms with van der Waals surface area (Å²) < 4.78 is 0. The molecule has 0 fully saturated rings. The topological polar surface area (TPSA) is 80.4 Å². The van der Waals surface area contributed by atoms with Crippen molar-refractivity contribution in [2.75, 3.05) is 26.3 Å². The fourth-order valence-electron chi connectivity index (χ4n) is 1.86. The largest absolute Gasteiger partial charge is 0.396 e. The van der Waals surface area contributed by atoms with Crippen LogP contribution in [0.5, 0.6) is 0 Å². The number of hydrogen-bond acceptors (Lipinski definition) is 5. The fraction of sp³-hybridized carbons (Fsp3) is 0.571. The Morgan fingerprint density at radius 1 is 1.42 bits per heavy atom. The average Bonchev–Trinajstić information content (AvgIpc) is 2.45. The van der Waals surface area contributed by atoms with E-state index in [1.807, 2.05) is 19.1 Å². The number of hydrogen-bond donors (Lipinski definition) is 2. The van der Waals surface area contributed by atoms with Crippen molar-refractivity contribution in [3.63, 3.8) is 0 Å². The van der Waals surface area contributed by atoms with Crippen LogP contribution in [0.25, 0.3) is 0 Å². The van der Waals surface area contributed by atoms with Gasteiger partial charge < -0.3 is 10.2 Å². The molecule has 19 heavy (non-hydrogen) atoms. The number of aliphatic hydroxyl groups excluding tert-OH is 2. The molecule has 0 aromatic carbocycles. The zero-order valence-electron chi connectivity index (χ0n) is 11.3. The maximum absolute atomic E-state index is 9.36. The molecule has 2 N–H and O–H groups in total. The predicted molar refractivity (Wildman–Crippen MR) is 72.0 cm³/mol. The minimum atomic E-state index is -0.558. The summed E-state index contributed by atoms with van der Waals surface area (Å²) in [6, 6.07) is 5.97. The molecule has 0 saturated heterocycles. The van der Waals surface area contributed by atoms with Crippen molar-refractivity contribution < 1.29 is 10.2 Å². The van der Waals surface area contributed by atoms with Crippen molar-refractivity contribution in [3.8, 4) is 6.07 Å². The molecular weight excluding hydrogens is 242 g/mol. The van der Waals surface area contributed by atoms with Crippen LogP contribution in [0, 0.1) is 16.7 Å². The van der Waals surface area contributed by atoms with Crippen molar-refractivity contribution in [2.45, 2.75) is 19.9 Å². The van der Waals surface area contributed by atoms with E-state index in [9.17, 15) is 10.2 Å². The van der Waals surface area contributed by atoms with Gasteiger partial charge in [0.1, 0.15) is 0 Å². The Balaban J connectivity index is 2.69. The maximum Gasteiger partial charge on any atom is 0.0635 e. The van der Waals surface area contributed by atoms with Crippen molar-refractivity contribution in [3.05, 3.63) is 30.1 Å². The van der Waals surface area contributed by atoms with Gasteiger partial charge in [0.2, 0.25) is 0 Å². The van der Waals surface area contributed by atoms with Crippen LogP contribution in [-0.2, 0) is 6.54 Å². The molecule has 0 atom stereocenters. The maximum atomic E-state index is 9.36. The lowest BCUT2D eigenvalue weighted by molar-refractivity contribution is 0.0333. The predicted octanol–water partition coefficient (Wildman–Crippen LogP) is 0.788. The number of pyridine rings is 1. The standard InChI is InChI=1S/C14H21N3O2/c1-14(11-18,12-19)10-17(7-3-5-15)9-13-4-2-6-16-8-13/h2,4,6,8,18-19H,3,7,9-12H2,1H3. The molecule has 0 aliphatic carbocycles. The first-order valence-corrected chi connectivity index (χ1v) is 6.33. The number of nitriles is 1. The van der Waals surface area contributed by atoms with Gasteiger partial charge in [-0.05, 0) is 11.6 Å². The summed E-state index contributed by atoms with van der Waals surface area (Å²) in [5.41, 5.74) is 0.496. The minimum Gasteiger partial charge on any atom is -0.396 e. The monoisotopic (exact) mass is 263 g/mol. The Bertz CT molecular complexity index is 399. The van der Waals surface area contributed by atoms with Gasteiger partial charge in [-0.1, -0.05) is 13.0 Å². The number of aromatic nitrogens is 1. The summed E-state index contributed by atoms with van der Waals surface area (Å²) in [7, 11) is 0. The Morgan fingerprint density at radius 3 is 2.68 bits per heavy atom. The van der Waals surface area contributed by atoms with E-state index in [-0.39, 0.29) is 13.2 Å². The zero-order chi connectivity index (χ0) is 14.1. The molecule has 0 unspecified atom stereocenters. The number of rotatable bonds is 8. The molecule has 1 heterocycles. The second kappa shape index (κ2) is 7.85. The molecular formula is C14H21N3O2. The van der Waals surface area contributed by atoms with Gasteiger partial charge in [-0.25, -0.2) is 0 Å². The lowest BCUT2D eigenvalue weighted by Crippen LogP contribution is -2.40. The smallest absolute Gasteiger partial charge is 0.0635 e. The molecule has 0 bridgehead atoms. The first-order chi connectivity index (χ1) is 9.13. The molecule has 1 rings (SSSR count). The molecule has 104 valence electrons. The second-order valence-electron chi connectivity index (χ2n) is 5.11. The summed E-state index contributed by atoms with van der Waals surface area (Å²) in [4.78, 5) is 6.13. The van der Waals surface area contributed by atoms with Crippen LogP contribution in [0.3, 0.4) is 0 Å². The highest BCUT2D eigenvalue weighted by Crippen LogP contribution is 2.18. The lowest BCUT2D eigenvalue weighted by atomic mass is 9.92. The molecule has 0 saturated carbocycles. The van der Waals surface area contributed by atoms with E-state index in [2.05, 4.69) is 16.0 Å². The van der Waals surface area contributed by atoms with E-state index >= 15 is 0 Å². The van der Waals surface area contributed by atoms with Crippen LogP contribution in [-0.4, -0.2) is 46.4 Å². The third kappa shape index (κ3) is 5.35. The van der Waals surface area contributed by atoms with E-state index < -0.39 is 5.41 Å². The van der Waals surface area contributed by atoms with E-state index in [1.54, 1.807) is 12.4 Å². The highest BCUT2D eigenvalue weighted by molar-refractivity contribution is 5.08. The molecule has 0 radical (unpaired) electrons.